The van der Waals surface area contributed by atoms with Gasteiger partial charge in [0.1, 0.15) is 5.78 Å². The van der Waals surface area contributed by atoms with E-state index in [0.717, 1.165) is 38.6 Å². The van der Waals surface area contributed by atoms with Crippen molar-refractivity contribution in [2.45, 2.75) is 124 Å². The maximum Gasteiger partial charge on any atom is 0.223 e. The largest absolute Gasteiger partial charge is 0.370 e. The van der Waals surface area contributed by atoms with Gasteiger partial charge in [-0.2, -0.15) is 0 Å². The average molecular weight is 581 g/mol. The van der Waals surface area contributed by atoms with Crippen LogP contribution in [-0.4, -0.2) is 55.3 Å². The fourth-order valence-corrected chi connectivity index (χ4v) is 3.52. The standard InChI is InChI=1S/C14H21NO3.C9H17NO.C4H9N.C3H8.C2H5NO/c1-4-6-8-11(3)14(18)15-12(9-7-5-2)13(17)10-16;1-7(11)9(10)8-5-3-2-4-6-8;1-3-4-5-2;1-3-2;1-2(3)4/h2,10-12H,4,6-9H2,1,3H3,(H,15,18);8-9H,2-6,10H2,1H3;3,5H,1,4H2,2H3;3H2,1-2H3;1H3,(H2,3,4). The summed E-state index contributed by atoms with van der Waals surface area (Å²) >= 11 is 0. The van der Waals surface area contributed by atoms with Crippen LogP contribution < -0.4 is 22.1 Å². The van der Waals surface area contributed by atoms with Crippen LogP contribution in [0.25, 0.3) is 0 Å². The molecule has 6 N–H and O–H groups in total. The van der Waals surface area contributed by atoms with E-state index in [-0.39, 0.29) is 35.8 Å². The zero-order valence-corrected chi connectivity index (χ0v) is 26.9. The molecule has 1 saturated carbocycles. The number of likely N-dealkylation sites (N-methyl/N-ethyl adjacent to an activating group) is 1. The molecule has 0 aromatic rings. The molecule has 3 atom stereocenters. The third kappa shape index (κ3) is 33.3. The zero-order valence-electron chi connectivity index (χ0n) is 26.9. The van der Waals surface area contributed by atoms with Gasteiger partial charge in [-0.1, -0.05) is 72.3 Å². The molecule has 0 aromatic heterocycles. The van der Waals surface area contributed by atoms with Crippen molar-refractivity contribution in [2.75, 3.05) is 13.6 Å². The molecule has 1 aliphatic rings. The molecule has 1 fully saturated rings. The third-order valence-electron chi connectivity index (χ3n) is 5.77. The van der Waals surface area contributed by atoms with Crippen LogP contribution in [-0.2, 0) is 24.0 Å². The molecule has 0 bridgehead atoms. The Kier molecular flexibility index (Phi) is 36.8. The van der Waals surface area contributed by atoms with E-state index in [1.54, 1.807) is 6.92 Å². The minimum absolute atomic E-state index is 0.150. The van der Waals surface area contributed by atoms with E-state index in [2.05, 4.69) is 49.6 Å². The smallest absolute Gasteiger partial charge is 0.223 e. The van der Waals surface area contributed by atoms with Crippen LogP contribution in [0.2, 0.25) is 0 Å². The van der Waals surface area contributed by atoms with Crippen molar-refractivity contribution >= 4 is 29.7 Å². The van der Waals surface area contributed by atoms with Crippen molar-refractivity contribution in [2.24, 2.45) is 23.3 Å². The summed E-state index contributed by atoms with van der Waals surface area (Å²) in [6, 6.07) is -0.967. The Balaban J connectivity index is -0.000000250. The summed E-state index contributed by atoms with van der Waals surface area (Å²) in [5, 5.41) is 5.50. The van der Waals surface area contributed by atoms with E-state index in [4.69, 9.17) is 12.2 Å². The highest BCUT2D eigenvalue weighted by molar-refractivity contribution is 6.27. The number of unbranched alkanes of at least 4 members (excludes halogenated alkanes) is 1. The fraction of sp³-hybridized carbons (Fsp3) is 0.719. The molecule has 1 rings (SSSR count). The van der Waals surface area contributed by atoms with Gasteiger partial charge < -0.3 is 22.1 Å². The highest BCUT2D eigenvalue weighted by Gasteiger charge is 2.23. The van der Waals surface area contributed by atoms with Crippen LogP contribution >= 0.6 is 0 Å². The van der Waals surface area contributed by atoms with Crippen LogP contribution in [0.4, 0.5) is 0 Å². The Hall–Kier alpha value is -2.83. The number of ketones is 2. The quantitative estimate of drug-likeness (QED) is 0.109. The highest BCUT2D eigenvalue weighted by Crippen LogP contribution is 2.25. The van der Waals surface area contributed by atoms with E-state index in [9.17, 15) is 24.0 Å². The van der Waals surface area contributed by atoms with Gasteiger partial charge in [0.2, 0.25) is 17.6 Å². The first-order valence-electron chi connectivity index (χ1n) is 14.8. The van der Waals surface area contributed by atoms with Gasteiger partial charge >= 0.3 is 0 Å². The maximum absolute atomic E-state index is 11.8. The van der Waals surface area contributed by atoms with Crippen molar-refractivity contribution < 1.29 is 24.0 Å². The Morgan fingerprint density at radius 1 is 1.07 bits per heavy atom. The first-order chi connectivity index (χ1) is 19.3. The summed E-state index contributed by atoms with van der Waals surface area (Å²) in [4.78, 5) is 53.8. The molecule has 238 valence electrons. The number of nitrogens with one attached hydrogen (secondary N) is 2. The predicted octanol–water partition coefficient (Wildman–Crippen LogP) is 4.26. The summed E-state index contributed by atoms with van der Waals surface area (Å²) in [5.74, 6) is 1.71. The van der Waals surface area contributed by atoms with Gasteiger partial charge in [0, 0.05) is 25.8 Å². The SMILES string of the molecule is C#CCCC(NC(=O)C(C)CCCC)C(=O)C=O.C=CCNC.CC(=O)C(N)C1CCCCC1.CC(N)=O.CCC. The monoisotopic (exact) mass is 580 g/mol. The molecule has 0 spiro atoms. The van der Waals surface area contributed by atoms with Crippen LogP contribution in [0, 0.1) is 24.2 Å². The molecule has 3 unspecified atom stereocenters. The lowest BCUT2D eigenvalue weighted by atomic mass is 9.83. The second-order valence-electron chi connectivity index (χ2n) is 10.1. The average Bonchev–Trinajstić information content (AvgIpc) is 2.94. The topological polar surface area (TPSA) is 161 Å². The van der Waals surface area contributed by atoms with Gasteiger partial charge in [0.25, 0.3) is 0 Å². The van der Waals surface area contributed by atoms with Crippen LogP contribution in [0.15, 0.2) is 12.7 Å². The van der Waals surface area contributed by atoms with Crippen molar-refractivity contribution in [3.63, 3.8) is 0 Å². The molecule has 41 heavy (non-hydrogen) atoms. The first kappa shape index (κ1) is 45.2. The molecule has 9 heteroatoms. The van der Waals surface area contributed by atoms with Crippen molar-refractivity contribution in [1.29, 1.82) is 0 Å². The van der Waals surface area contributed by atoms with Gasteiger partial charge in [-0.25, -0.2) is 0 Å². The van der Waals surface area contributed by atoms with E-state index < -0.39 is 11.8 Å². The predicted molar refractivity (Wildman–Crippen MR) is 170 cm³/mol. The number of Topliss-reactive ketones (excluding diaryl/α,β-unsaturated/α-hetero) is 2. The molecule has 1 aliphatic carbocycles. The van der Waals surface area contributed by atoms with E-state index in [1.807, 2.05) is 20.0 Å². The summed E-state index contributed by atoms with van der Waals surface area (Å²) in [7, 11) is 1.89. The van der Waals surface area contributed by atoms with Gasteiger partial charge in [-0.15, -0.1) is 18.9 Å². The summed E-state index contributed by atoms with van der Waals surface area (Å²) in [6.45, 7) is 15.4. The minimum Gasteiger partial charge on any atom is -0.370 e. The van der Waals surface area contributed by atoms with Gasteiger partial charge in [0.15, 0.2) is 6.29 Å². The van der Waals surface area contributed by atoms with Gasteiger partial charge in [-0.05, 0) is 45.6 Å². The number of rotatable bonds is 13. The Morgan fingerprint density at radius 2 is 1.59 bits per heavy atom. The minimum atomic E-state index is -0.782. The number of hydrogen-bond donors (Lipinski definition) is 4. The Bertz CT molecular complexity index is 739. The summed E-state index contributed by atoms with van der Waals surface area (Å²) < 4.78 is 0. The molecular weight excluding hydrogens is 520 g/mol. The lowest BCUT2D eigenvalue weighted by Crippen LogP contribution is -2.43. The van der Waals surface area contributed by atoms with Gasteiger partial charge in [-0.3, -0.25) is 24.0 Å². The van der Waals surface area contributed by atoms with Crippen molar-refractivity contribution in [3.8, 4) is 12.3 Å². The summed E-state index contributed by atoms with van der Waals surface area (Å²) in [6.07, 6.45) is 18.0. The maximum atomic E-state index is 11.8. The Labute approximate surface area is 250 Å². The number of terminal acetylenes is 1. The zero-order chi connectivity index (χ0) is 32.6. The fourth-order valence-electron chi connectivity index (χ4n) is 3.52. The second-order valence-corrected chi connectivity index (χ2v) is 10.1. The van der Waals surface area contributed by atoms with E-state index >= 15 is 0 Å². The van der Waals surface area contributed by atoms with E-state index in [1.165, 1.54) is 32.6 Å². The molecule has 0 aliphatic heterocycles. The number of carbonyl (C=O) groups is 5. The number of carbonyl (C=O) groups excluding carboxylic acids is 5. The van der Waals surface area contributed by atoms with Crippen LogP contribution in [0.1, 0.15) is 112 Å². The molecule has 0 radical (unpaired) electrons. The molecular formula is C32H60N4O5. The third-order valence-corrected chi connectivity index (χ3v) is 5.77. The molecule has 0 aromatic carbocycles. The lowest BCUT2D eigenvalue weighted by molar-refractivity contribution is -0.134. The van der Waals surface area contributed by atoms with E-state index in [0.29, 0.717) is 18.8 Å². The second kappa shape index (κ2) is 33.4. The molecule has 9 nitrogen and oxygen atoms in total. The van der Waals surface area contributed by atoms with Crippen LogP contribution in [0.3, 0.4) is 0 Å². The summed E-state index contributed by atoms with van der Waals surface area (Å²) in [5.41, 5.74) is 10.2. The normalized spacial score (nSPS) is 13.9. The number of nitrogens with two attached hydrogens (primary N) is 2. The number of aldehydes is 1. The van der Waals surface area contributed by atoms with Crippen LogP contribution in [0.5, 0.6) is 0 Å². The number of amides is 2. The van der Waals surface area contributed by atoms with Gasteiger partial charge in [0.05, 0.1) is 12.1 Å². The molecule has 0 saturated heterocycles. The number of hydrogen-bond acceptors (Lipinski definition) is 7. The number of primary amides is 1. The highest BCUT2D eigenvalue weighted by atomic mass is 16.2. The Morgan fingerprint density at radius 3 is 1.93 bits per heavy atom. The van der Waals surface area contributed by atoms with Crippen molar-refractivity contribution in [3.05, 3.63) is 12.7 Å². The molecule has 0 heterocycles. The first-order valence-corrected chi connectivity index (χ1v) is 14.8. The van der Waals surface area contributed by atoms with Crippen molar-refractivity contribution in [1.82, 2.24) is 10.6 Å². The molecule has 2 amide bonds. The lowest BCUT2D eigenvalue weighted by Gasteiger charge is -2.25.